The lowest BCUT2D eigenvalue weighted by Crippen LogP contribution is -2.37. The maximum Gasteiger partial charge on any atom is 0.220 e. The van der Waals surface area contributed by atoms with Crippen molar-refractivity contribution in [3.05, 3.63) is 12.2 Å². The molecule has 3 atom stereocenters. The largest absolute Gasteiger partial charge is 0.353 e. The van der Waals surface area contributed by atoms with Crippen LogP contribution in [-0.2, 0) is 18.3 Å². The summed E-state index contributed by atoms with van der Waals surface area (Å²) >= 11 is 0. The van der Waals surface area contributed by atoms with Gasteiger partial charge >= 0.3 is 0 Å². The number of carbonyl (C=O) groups is 1. The zero-order valence-corrected chi connectivity index (χ0v) is 11.5. The summed E-state index contributed by atoms with van der Waals surface area (Å²) in [5.41, 5.74) is 0. The van der Waals surface area contributed by atoms with Gasteiger partial charge in [0.1, 0.15) is 12.2 Å². The van der Waals surface area contributed by atoms with Crippen LogP contribution >= 0.6 is 0 Å². The van der Waals surface area contributed by atoms with Crippen LogP contribution in [0.4, 0.5) is 0 Å². The Hall–Kier alpha value is -1.39. The van der Waals surface area contributed by atoms with Gasteiger partial charge in [0.05, 0.1) is 0 Å². The number of aromatic nitrogens is 3. The quantitative estimate of drug-likeness (QED) is 0.893. The first-order valence-corrected chi connectivity index (χ1v) is 7.36. The molecule has 5 nitrogen and oxygen atoms in total. The number of aryl methyl sites for hydroxylation is 2. The highest BCUT2D eigenvalue weighted by Crippen LogP contribution is 2.43. The summed E-state index contributed by atoms with van der Waals surface area (Å²) in [6, 6.07) is 0.430. The molecule has 104 valence electrons. The van der Waals surface area contributed by atoms with Gasteiger partial charge in [0, 0.05) is 25.9 Å². The van der Waals surface area contributed by atoms with Crippen LogP contribution in [0.5, 0.6) is 0 Å². The van der Waals surface area contributed by atoms with Crippen molar-refractivity contribution in [2.24, 2.45) is 18.9 Å². The molecule has 2 aliphatic carbocycles. The first kappa shape index (κ1) is 12.6. The third-order valence-electron chi connectivity index (χ3n) is 4.81. The second-order valence-electron chi connectivity index (χ2n) is 5.96. The molecule has 1 aromatic heterocycles. The first-order valence-electron chi connectivity index (χ1n) is 7.36. The number of rotatable bonds is 4. The van der Waals surface area contributed by atoms with Crippen molar-refractivity contribution in [3.8, 4) is 0 Å². The lowest BCUT2D eigenvalue weighted by molar-refractivity contribution is -0.122. The molecule has 1 aromatic rings. The van der Waals surface area contributed by atoms with Gasteiger partial charge in [0.2, 0.25) is 5.91 Å². The van der Waals surface area contributed by atoms with Gasteiger partial charge in [-0.15, -0.1) is 10.2 Å². The topological polar surface area (TPSA) is 59.8 Å². The molecule has 19 heavy (non-hydrogen) atoms. The van der Waals surface area contributed by atoms with E-state index in [1.54, 1.807) is 6.33 Å². The van der Waals surface area contributed by atoms with Gasteiger partial charge in [-0.05, 0) is 31.1 Å². The third kappa shape index (κ3) is 2.65. The average molecular weight is 262 g/mol. The fourth-order valence-corrected chi connectivity index (χ4v) is 3.78. The normalized spacial score (nSPS) is 29.4. The number of carbonyl (C=O) groups excluding carboxylic acids is 1. The first-order chi connectivity index (χ1) is 9.24. The molecule has 1 heterocycles. The molecule has 2 fully saturated rings. The maximum atomic E-state index is 12.0. The van der Waals surface area contributed by atoms with E-state index >= 15 is 0 Å². The van der Waals surface area contributed by atoms with Crippen LogP contribution in [0.3, 0.4) is 0 Å². The lowest BCUT2D eigenvalue weighted by Gasteiger charge is -2.19. The fourth-order valence-electron chi connectivity index (χ4n) is 3.78. The van der Waals surface area contributed by atoms with E-state index in [1.807, 2.05) is 11.6 Å². The number of hydrogen-bond acceptors (Lipinski definition) is 3. The highest BCUT2D eigenvalue weighted by molar-refractivity contribution is 5.76. The van der Waals surface area contributed by atoms with E-state index in [4.69, 9.17) is 0 Å². The summed E-state index contributed by atoms with van der Waals surface area (Å²) in [5, 5.41) is 11.1. The van der Waals surface area contributed by atoms with Crippen molar-refractivity contribution in [2.45, 2.75) is 51.0 Å². The molecule has 0 unspecified atom stereocenters. The van der Waals surface area contributed by atoms with Crippen LogP contribution in [-0.4, -0.2) is 26.7 Å². The van der Waals surface area contributed by atoms with Gasteiger partial charge in [0.15, 0.2) is 0 Å². The number of nitrogens with one attached hydrogen (secondary N) is 1. The van der Waals surface area contributed by atoms with Crippen molar-refractivity contribution >= 4 is 5.91 Å². The predicted molar refractivity (Wildman–Crippen MR) is 71.3 cm³/mol. The Kier molecular flexibility index (Phi) is 3.53. The van der Waals surface area contributed by atoms with Gasteiger partial charge < -0.3 is 9.88 Å². The van der Waals surface area contributed by atoms with Crippen molar-refractivity contribution in [2.75, 3.05) is 0 Å². The highest BCUT2D eigenvalue weighted by Gasteiger charge is 2.39. The molecule has 0 aromatic carbocycles. The van der Waals surface area contributed by atoms with Crippen LogP contribution in [0.15, 0.2) is 6.33 Å². The van der Waals surface area contributed by atoms with E-state index in [-0.39, 0.29) is 5.91 Å². The Balaban J connectivity index is 1.48. The zero-order valence-electron chi connectivity index (χ0n) is 11.5. The molecule has 2 aliphatic rings. The molecular formula is C14H22N4O. The van der Waals surface area contributed by atoms with E-state index in [1.165, 1.54) is 32.1 Å². The van der Waals surface area contributed by atoms with Crippen LogP contribution < -0.4 is 5.32 Å². The summed E-state index contributed by atoms with van der Waals surface area (Å²) in [6.07, 6.45) is 9.36. The molecule has 1 amide bonds. The standard InChI is InChI=1S/C14H22N4O/c1-18-9-15-17-13(18)7-8-14(19)16-12-6-5-10-3-2-4-11(10)12/h9-12H,2-8H2,1H3,(H,16,19)/t10-,11-,12-/m0/s1. The Morgan fingerprint density at radius 2 is 2.32 bits per heavy atom. The Morgan fingerprint density at radius 1 is 1.42 bits per heavy atom. The number of hydrogen-bond donors (Lipinski definition) is 1. The molecule has 0 radical (unpaired) electrons. The molecule has 3 rings (SSSR count). The Bertz CT molecular complexity index is 456. The van der Waals surface area contributed by atoms with Crippen LogP contribution in [0.2, 0.25) is 0 Å². The minimum absolute atomic E-state index is 0.167. The van der Waals surface area contributed by atoms with E-state index in [9.17, 15) is 4.79 Å². The number of fused-ring (bicyclic) bond motifs is 1. The number of nitrogens with zero attached hydrogens (tertiary/aromatic N) is 3. The predicted octanol–water partition coefficient (Wildman–Crippen LogP) is 1.44. The Labute approximate surface area is 113 Å². The van der Waals surface area contributed by atoms with E-state index in [0.29, 0.717) is 18.9 Å². The van der Waals surface area contributed by atoms with Gasteiger partial charge in [0.25, 0.3) is 0 Å². The number of amides is 1. The van der Waals surface area contributed by atoms with Crippen molar-refractivity contribution in [1.29, 1.82) is 0 Å². The molecule has 0 spiro atoms. The van der Waals surface area contributed by atoms with E-state index in [0.717, 1.165) is 17.7 Å². The van der Waals surface area contributed by atoms with Crippen LogP contribution in [0.1, 0.15) is 44.3 Å². The molecule has 0 saturated heterocycles. The summed E-state index contributed by atoms with van der Waals surface area (Å²) in [7, 11) is 1.91. The molecule has 1 N–H and O–H groups in total. The molecule has 2 saturated carbocycles. The maximum absolute atomic E-state index is 12.0. The van der Waals surface area contributed by atoms with Crippen molar-refractivity contribution in [3.63, 3.8) is 0 Å². The molecule has 0 aliphatic heterocycles. The highest BCUT2D eigenvalue weighted by atomic mass is 16.1. The fraction of sp³-hybridized carbons (Fsp3) is 0.786. The summed E-state index contributed by atoms with van der Waals surface area (Å²) in [4.78, 5) is 12.0. The minimum Gasteiger partial charge on any atom is -0.353 e. The monoisotopic (exact) mass is 262 g/mol. The zero-order chi connectivity index (χ0) is 13.2. The van der Waals surface area contributed by atoms with Crippen LogP contribution in [0, 0.1) is 11.8 Å². The van der Waals surface area contributed by atoms with E-state index < -0.39 is 0 Å². The van der Waals surface area contributed by atoms with E-state index in [2.05, 4.69) is 15.5 Å². The smallest absolute Gasteiger partial charge is 0.220 e. The second kappa shape index (κ2) is 5.31. The van der Waals surface area contributed by atoms with Gasteiger partial charge in [-0.2, -0.15) is 0 Å². The van der Waals surface area contributed by atoms with Gasteiger partial charge in [-0.3, -0.25) is 4.79 Å². The minimum atomic E-state index is 0.167. The van der Waals surface area contributed by atoms with Crippen molar-refractivity contribution in [1.82, 2.24) is 20.1 Å². The Morgan fingerprint density at radius 3 is 3.11 bits per heavy atom. The van der Waals surface area contributed by atoms with Gasteiger partial charge in [-0.1, -0.05) is 12.8 Å². The third-order valence-corrected chi connectivity index (χ3v) is 4.81. The molecular weight excluding hydrogens is 240 g/mol. The van der Waals surface area contributed by atoms with Gasteiger partial charge in [-0.25, -0.2) is 0 Å². The summed E-state index contributed by atoms with van der Waals surface area (Å²) in [6.45, 7) is 0. The summed E-state index contributed by atoms with van der Waals surface area (Å²) < 4.78 is 1.87. The molecule has 0 bridgehead atoms. The molecule has 5 heteroatoms. The van der Waals surface area contributed by atoms with Crippen LogP contribution in [0.25, 0.3) is 0 Å². The second-order valence-corrected chi connectivity index (χ2v) is 5.96. The lowest BCUT2D eigenvalue weighted by atomic mass is 9.97. The summed E-state index contributed by atoms with van der Waals surface area (Å²) in [5.74, 6) is 2.67. The van der Waals surface area contributed by atoms with Crippen molar-refractivity contribution < 1.29 is 4.79 Å². The SMILES string of the molecule is Cn1cnnc1CCC(=O)N[C@H]1CC[C@@H]2CCC[C@@H]21. The average Bonchev–Trinajstić information content (AvgIpc) is 3.06.